The molecule has 2 heterocycles. The van der Waals surface area contributed by atoms with E-state index >= 15 is 0 Å². The van der Waals surface area contributed by atoms with Gasteiger partial charge in [0.25, 0.3) is 5.91 Å². The molecule has 1 aromatic carbocycles. The number of benzene rings is 1. The van der Waals surface area contributed by atoms with Crippen molar-refractivity contribution in [3.05, 3.63) is 40.1 Å². The van der Waals surface area contributed by atoms with Crippen molar-refractivity contribution in [2.24, 2.45) is 10.7 Å². The minimum absolute atomic E-state index is 0.0179. The molecule has 118 valence electrons. The Morgan fingerprint density at radius 2 is 2.17 bits per heavy atom. The van der Waals surface area contributed by atoms with Crippen LogP contribution >= 0.6 is 15.9 Å². The second-order valence-electron chi connectivity index (χ2n) is 5.23. The number of hydrogen-bond acceptors (Lipinski definition) is 4. The smallest absolute Gasteiger partial charge is 0.279 e. The third-order valence-electron chi connectivity index (χ3n) is 3.76. The Labute approximate surface area is 141 Å². The Bertz CT molecular complexity index is 895. The quantitative estimate of drug-likeness (QED) is 0.820. The normalized spacial score (nSPS) is 16.5. The van der Waals surface area contributed by atoms with Crippen molar-refractivity contribution >= 4 is 50.7 Å². The first-order chi connectivity index (χ1) is 10.9. The summed E-state index contributed by atoms with van der Waals surface area (Å²) in [7, 11) is 1.57. The van der Waals surface area contributed by atoms with E-state index in [9.17, 15) is 9.59 Å². The molecule has 0 unspecified atom stereocenters. The van der Waals surface area contributed by atoms with Crippen molar-refractivity contribution in [3.8, 4) is 0 Å². The van der Waals surface area contributed by atoms with E-state index in [1.807, 2.05) is 25.1 Å². The van der Waals surface area contributed by atoms with Gasteiger partial charge in [-0.2, -0.15) is 0 Å². The molecule has 7 heteroatoms. The van der Waals surface area contributed by atoms with Gasteiger partial charge in [-0.15, -0.1) is 0 Å². The molecular formula is C16H15BrN4O2. The number of aliphatic imine (C=N–C) groups is 1. The Hall–Kier alpha value is -2.41. The van der Waals surface area contributed by atoms with E-state index in [2.05, 4.69) is 20.9 Å². The Morgan fingerprint density at radius 1 is 1.43 bits per heavy atom. The number of carbonyl (C=O) groups excluding carboxylic acids is 2. The lowest BCUT2D eigenvalue weighted by atomic mass is 10.1. The minimum Gasteiger partial charge on any atom is -0.369 e. The molecule has 0 aliphatic carbocycles. The molecule has 0 saturated heterocycles. The van der Waals surface area contributed by atoms with Gasteiger partial charge in [0.2, 0.25) is 11.9 Å². The van der Waals surface area contributed by atoms with Gasteiger partial charge >= 0.3 is 0 Å². The van der Waals surface area contributed by atoms with Crippen molar-refractivity contribution in [2.75, 3.05) is 7.05 Å². The summed E-state index contributed by atoms with van der Waals surface area (Å²) in [5.41, 5.74) is 7.47. The molecule has 1 aliphatic heterocycles. The number of fused-ring (bicyclic) bond motifs is 1. The lowest BCUT2D eigenvalue weighted by molar-refractivity contribution is -0.121. The van der Waals surface area contributed by atoms with Gasteiger partial charge in [-0.25, -0.2) is 4.99 Å². The average Bonchev–Trinajstić information content (AvgIpc) is 3.00. The third-order valence-corrected chi connectivity index (χ3v) is 4.26. The number of halogens is 1. The van der Waals surface area contributed by atoms with Gasteiger partial charge in [0.05, 0.1) is 5.52 Å². The average molecular weight is 375 g/mol. The first-order valence-corrected chi connectivity index (χ1v) is 7.89. The number of amides is 1. The summed E-state index contributed by atoms with van der Waals surface area (Å²) in [6.07, 6.45) is 3.78. The number of hydrogen-bond donors (Lipinski definition) is 1. The number of nitrogens with two attached hydrogens (primary N) is 1. The standard InChI is InChI=1S/C16H15BrN4O2/c1-3-14(22)21-8-9(11-5-4-10(17)7-13(11)21)6-12-15(23)20(2)16(18)19-12/h4-8H,3H2,1-2H3,(H2,18,19)/b12-6+. The summed E-state index contributed by atoms with van der Waals surface area (Å²) >= 11 is 3.42. The Kier molecular flexibility index (Phi) is 3.81. The highest BCUT2D eigenvalue weighted by atomic mass is 79.9. The van der Waals surface area contributed by atoms with Crippen LogP contribution in [0.2, 0.25) is 0 Å². The first kappa shape index (κ1) is 15.5. The zero-order valence-electron chi connectivity index (χ0n) is 12.7. The van der Waals surface area contributed by atoms with Crippen LogP contribution in [0.3, 0.4) is 0 Å². The molecule has 1 aromatic heterocycles. The number of rotatable bonds is 2. The minimum atomic E-state index is -0.262. The number of guanidine groups is 1. The molecule has 0 spiro atoms. The summed E-state index contributed by atoms with van der Waals surface area (Å²) < 4.78 is 2.48. The molecule has 0 radical (unpaired) electrons. The molecule has 0 bridgehead atoms. The molecule has 1 amide bonds. The van der Waals surface area contributed by atoms with Crippen LogP contribution in [0.4, 0.5) is 0 Å². The Balaban J connectivity index is 2.20. The number of likely N-dealkylation sites (N-methyl/N-ethyl adjacent to an activating group) is 1. The maximum Gasteiger partial charge on any atom is 0.279 e. The van der Waals surface area contributed by atoms with Crippen molar-refractivity contribution in [2.45, 2.75) is 13.3 Å². The van der Waals surface area contributed by atoms with Gasteiger partial charge in [0.1, 0.15) is 5.70 Å². The van der Waals surface area contributed by atoms with Crippen LogP contribution in [0.15, 0.2) is 39.6 Å². The molecule has 1 aliphatic rings. The van der Waals surface area contributed by atoms with Crippen LogP contribution in [0.1, 0.15) is 23.7 Å². The van der Waals surface area contributed by atoms with Gasteiger partial charge in [-0.05, 0) is 18.2 Å². The van der Waals surface area contributed by atoms with Crippen LogP contribution in [-0.2, 0) is 4.79 Å². The third kappa shape index (κ3) is 2.57. The fourth-order valence-electron chi connectivity index (χ4n) is 2.48. The van der Waals surface area contributed by atoms with Crippen LogP contribution in [0, 0.1) is 0 Å². The van der Waals surface area contributed by atoms with Gasteiger partial charge < -0.3 is 5.73 Å². The van der Waals surface area contributed by atoms with E-state index in [0.717, 1.165) is 20.9 Å². The highest BCUT2D eigenvalue weighted by molar-refractivity contribution is 9.10. The van der Waals surface area contributed by atoms with Crippen LogP contribution in [-0.4, -0.2) is 34.3 Å². The van der Waals surface area contributed by atoms with Crippen LogP contribution in [0.5, 0.6) is 0 Å². The number of nitrogens with zero attached hydrogens (tertiary/aromatic N) is 3. The van der Waals surface area contributed by atoms with E-state index in [-0.39, 0.29) is 23.5 Å². The molecule has 0 saturated carbocycles. The van der Waals surface area contributed by atoms with Gasteiger partial charge in [-0.3, -0.25) is 19.1 Å². The number of carbonyl (C=O) groups is 2. The van der Waals surface area contributed by atoms with Gasteiger partial charge in [0, 0.05) is 35.1 Å². The van der Waals surface area contributed by atoms with Crippen LogP contribution < -0.4 is 5.73 Å². The zero-order valence-corrected chi connectivity index (χ0v) is 14.3. The SMILES string of the molecule is CCC(=O)n1cc(/C=C2/N=C(N)N(C)C2=O)c2ccc(Br)cc21. The molecule has 2 N–H and O–H groups in total. The fourth-order valence-corrected chi connectivity index (χ4v) is 2.83. The predicted octanol–water partition coefficient (Wildman–Crippen LogP) is 2.58. The van der Waals surface area contributed by atoms with Crippen molar-refractivity contribution in [1.82, 2.24) is 9.47 Å². The Morgan fingerprint density at radius 3 is 2.78 bits per heavy atom. The highest BCUT2D eigenvalue weighted by Crippen LogP contribution is 2.28. The lowest BCUT2D eigenvalue weighted by Gasteiger charge is -2.05. The van der Waals surface area contributed by atoms with E-state index in [4.69, 9.17) is 5.73 Å². The second-order valence-corrected chi connectivity index (χ2v) is 6.14. The second kappa shape index (κ2) is 5.66. The van der Waals surface area contributed by atoms with Crippen molar-refractivity contribution in [3.63, 3.8) is 0 Å². The highest BCUT2D eigenvalue weighted by Gasteiger charge is 2.25. The number of aromatic nitrogens is 1. The zero-order chi connectivity index (χ0) is 16.7. The first-order valence-electron chi connectivity index (χ1n) is 7.10. The maximum absolute atomic E-state index is 12.2. The topological polar surface area (TPSA) is 80.7 Å². The summed E-state index contributed by atoms with van der Waals surface area (Å²) in [6, 6.07) is 5.68. The monoisotopic (exact) mass is 374 g/mol. The van der Waals surface area contributed by atoms with E-state index in [1.165, 1.54) is 4.90 Å². The molecular weight excluding hydrogens is 360 g/mol. The van der Waals surface area contributed by atoms with Crippen LogP contribution in [0.25, 0.3) is 17.0 Å². The van der Waals surface area contributed by atoms with E-state index in [1.54, 1.807) is 23.9 Å². The van der Waals surface area contributed by atoms with E-state index in [0.29, 0.717) is 6.42 Å². The fraction of sp³-hybridized carbons (Fsp3) is 0.188. The molecule has 2 aromatic rings. The van der Waals surface area contributed by atoms with Gasteiger partial charge in [-0.1, -0.05) is 28.9 Å². The predicted molar refractivity (Wildman–Crippen MR) is 92.9 cm³/mol. The van der Waals surface area contributed by atoms with Gasteiger partial charge in [0.15, 0.2) is 0 Å². The molecule has 6 nitrogen and oxygen atoms in total. The summed E-state index contributed by atoms with van der Waals surface area (Å²) in [4.78, 5) is 29.6. The lowest BCUT2D eigenvalue weighted by Crippen LogP contribution is -2.33. The van der Waals surface area contributed by atoms with E-state index < -0.39 is 0 Å². The molecule has 0 atom stereocenters. The molecule has 0 fully saturated rings. The summed E-state index contributed by atoms with van der Waals surface area (Å²) in [5, 5.41) is 0.874. The van der Waals surface area contributed by atoms with Crippen molar-refractivity contribution in [1.29, 1.82) is 0 Å². The van der Waals surface area contributed by atoms with Crippen molar-refractivity contribution < 1.29 is 9.59 Å². The maximum atomic E-state index is 12.2. The molecule has 3 rings (SSSR count). The molecule has 23 heavy (non-hydrogen) atoms. The largest absolute Gasteiger partial charge is 0.369 e. The summed E-state index contributed by atoms with van der Waals surface area (Å²) in [6.45, 7) is 1.81. The summed E-state index contributed by atoms with van der Waals surface area (Å²) in [5.74, 6) is -0.115.